The lowest BCUT2D eigenvalue weighted by molar-refractivity contribution is -0.145. The minimum Gasteiger partial charge on any atom is -0.464 e. The number of carbonyl (C=O) groups excluding carboxylic acids is 1. The van der Waals surface area contributed by atoms with Gasteiger partial charge in [-0.25, -0.2) is 0 Å². The highest BCUT2D eigenvalue weighted by molar-refractivity contribution is 7.81. The van der Waals surface area contributed by atoms with Gasteiger partial charge in [-0.15, -0.1) is 0 Å². The van der Waals surface area contributed by atoms with E-state index in [0.717, 1.165) is 0 Å². The van der Waals surface area contributed by atoms with Crippen molar-refractivity contribution >= 4 is 18.6 Å². The van der Waals surface area contributed by atoms with Gasteiger partial charge in [-0.1, -0.05) is 6.92 Å². The fourth-order valence-electron chi connectivity index (χ4n) is 0.442. The smallest absolute Gasteiger partial charge is 0.315 e. The number of hydrogen-bond donors (Lipinski definition) is 3. The summed E-state index contributed by atoms with van der Waals surface area (Å²) in [6.07, 6.45) is 0. The van der Waals surface area contributed by atoms with E-state index in [9.17, 15) is 4.79 Å². The van der Waals surface area contributed by atoms with Gasteiger partial charge in [-0.3, -0.25) is 4.79 Å². The number of thiol groups is 1. The third kappa shape index (κ3) is 3.94. The van der Waals surface area contributed by atoms with Crippen molar-refractivity contribution in [3.8, 4) is 0 Å². The van der Waals surface area contributed by atoms with E-state index in [2.05, 4.69) is 12.6 Å². The van der Waals surface area contributed by atoms with Crippen molar-refractivity contribution in [1.82, 2.24) is 0 Å². The first-order chi connectivity index (χ1) is 5.58. The van der Waals surface area contributed by atoms with Crippen LogP contribution in [0.25, 0.3) is 0 Å². The molecule has 0 saturated carbocycles. The quantitative estimate of drug-likeness (QED) is 0.406. The molecule has 0 rings (SSSR count). The van der Waals surface area contributed by atoms with Crippen molar-refractivity contribution in [2.45, 2.75) is 6.92 Å². The summed E-state index contributed by atoms with van der Waals surface area (Å²) < 4.78 is 4.70. The Morgan fingerprint density at radius 3 is 2.33 bits per heavy atom. The van der Waals surface area contributed by atoms with Gasteiger partial charge in [0.1, 0.15) is 6.61 Å². The first-order valence-electron chi connectivity index (χ1n) is 3.56. The Morgan fingerprint density at radius 1 is 1.50 bits per heavy atom. The lowest BCUT2D eigenvalue weighted by atomic mass is 9.95. The highest BCUT2D eigenvalue weighted by atomic mass is 32.1. The molecule has 0 aromatic heterocycles. The average Bonchev–Trinajstić information content (AvgIpc) is 2.13. The molecule has 72 valence electrons. The second-order valence-corrected chi connectivity index (χ2v) is 3.26. The van der Waals surface area contributed by atoms with Gasteiger partial charge in [0.05, 0.1) is 19.0 Å². The van der Waals surface area contributed by atoms with Crippen LogP contribution in [0.15, 0.2) is 0 Å². The molecular weight excluding hydrogens is 180 g/mol. The van der Waals surface area contributed by atoms with Crippen molar-refractivity contribution in [3.05, 3.63) is 0 Å². The van der Waals surface area contributed by atoms with Crippen LogP contribution in [0.2, 0.25) is 0 Å². The molecule has 0 unspecified atom stereocenters. The zero-order valence-electron chi connectivity index (χ0n) is 6.99. The second-order valence-electron chi connectivity index (χ2n) is 2.95. The fraction of sp³-hybridized carbons (Fsp3) is 0.857. The molecule has 0 atom stereocenters. The molecular formula is C7H14O4S. The lowest BCUT2D eigenvalue weighted by Gasteiger charge is -2.23. The maximum atomic E-state index is 10.6. The molecule has 0 amide bonds. The molecule has 0 radical (unpaired) electrons. The third-order valence-electron chi connectivity index (χ3n) is 1.47. The number of carbonyl (C=O) groups is 1. The molecule has 0 fully saturated rings. The zero-order valence-corrected chi connectivity index (χ0v) is 7.88. The van der Waals surface area contributed by atoms with E-state index >= 15 is 0 Å². The molecule has 0 aliphatic carbocycles. The van der Waals surface area contributed by atoms with Crippen LogP contribution in [-0.2, 0) is 9.53 Å². The predicted molar refractivity (Wildman–Crippen MR) is 47.1 cm³/mol. The van der Waals surface area contributed by atoms with Gasteiger partial charge in [0.2, 0.25) is 0 Å². The van der Waals surface area contributed by atoms with Crippen LogP contribution in [0.3, 0.4) is 0 Å². The normalized spacial score (nSPS) is 11.3. The predicted octanol–water partition coefficient (Wildman–Crippen LogP) is -0.550. The second kappa shape index (κ2) is 5.40. The van der Waals surface area contributed by atoms with Crippen LogP contribution >= 0.6 is 12.6 Å². The van der Waals surface area contributed by atoms with Gasteiger partial charge in [-0.05, 0) is 0 Å². The molecule has 0 bridgehead atoms. The SMILES string of the molecule is CC(CO)(CO)COC(=O)CS. The van der Waals surface area contributed by atoms with Gasteiger partial charge >= 0.3 is 5.97 Å². The van der Waals surface area contributed by atoms with Crippen molar-refractivity contribution in [2.24, 2.45) is 5.41 Å². The Balaban J connectivity index is 3.80. The van der Waals surface area contributed by atoms with Crippen molar-refractivity contribution in [2.75, 3.05) is 25.6 Å². The van der Waals surface area contributed by atoms with Crippen LogP contribution < -0.4 is 0 Å². The summed E-state index contributed by atoms with van der Waals surface area (Å²) in [5.74, 6) is -0.445. The van der Waals surface area contributed by atoms with Crippen molar-refractivity contribution in [3.63, 3.8) is 0 Å². The molecule has 2 N–H and O–H groups in total. The van der Waals surface area contributed by atoms with E-state index in [4.69, 9.17) is 14.9 Å². The van der Waals surface area contributed by atoms with Gasteiger partial charge in [0.25, 0.3) is 0 Å². The van der Waals surface area contributed by atoms with Crippen LogP contribution in [0.4, 0.5) is 0 Å². The Kier molecular flexibility index (Phi) is 5.28. The summed E-state index contributed by atoms with van der Waals surface area (Å²) in [6, 6.07) is 0. The molecule has 5 heteroatoms. The van der Waals surface area contributed by atoms with Gasteiger partial charge in [-0.2, -0.15) is 12.6 Å². The largest absolute Gasteiger partial charge is 0.464 e. The Hall–Kier alpha value is -0.260. The molecule has 0 aliphatic heterocycles. The first-order valence-corrected chi connectivity index (χ1v) is 4.19. The number of esters is 1. The lowest BCUT2D eigenvalue weighted by Crippen LogP contribution is -2.32. The van der Waals surface area contributed by atoms with Crippen LogP contribution in [0.5, 0.6) is 0 Å². The molecule has 4 nitrogen and oxygen atoms in total. The molecule has 0 heterocycles. The van der Waals surface area contributed by atoms with E-state index in [1.165, 1.54) is 0 Å². The summed E-state index contributed by atoms with van der Waals surface area (Å²) in [5, 5.41) is 17.6. The number of aliphatic hydroxyl groups excluding tert-OH is 2. The molecule has 12 heavy (non-hydrogen) atoms. The number of hydrogen-bond acceptors (Lipinski definition) is 5. The van der Waals surface area contributed by atoms with Crippen LogP contribution in [0, 0.1) is 5.41 Å². The van der Waals surface area contributed by atoms with E-state index in [1.807, 2.05) is 0 Å². The van der Waals surface area contributed by atoms with Gasteiger partial charge < -0.3 is 14.9 Å². The van der Waals surface area contributed by atoms with E-state index in [1.54, 1.807) is 6.92 Å². The average molecular weight is 194 g/mol. The fourth-order valence-corrected chi connectivity index (χ4v) is 0.533. The standard InChI is InChI=1S/C7H14O4S/c1-7(3-8,4-9)5-11-6(10)2-12/h8-9,12H,2-5H2,1H3. The number of rotatable bonds is 5. The summed E-state index contributed by atoms with van der Waals surface area (Å²) in [6.45, 7) is 1.20. The number of ether oxygens (including phenoxy) is 1. The summed E-state index contributed by atoms with van der Waals surface area (Å²) in [4.78, 5) is 10.6. The summed E-state index contributed by atoms with van der Waals surface area (Å²) in [7, 11) is 0. The Labute approximate surface area is 76.9 Å². The maximum absolute atomic E-state index is 10.6. The maximum Gasteiger partial charge on any atom is 0.315 e. The van der Waals surface area contributed by atoms with E-state index in [0.29, 0.717) is 0 Å². The van der Waals surface area contributed by atoms with Gasteiger partial charge in [0, 0.05) is 5.41 Å². The van der Waals surface area contributed by atoms with E-state index in [-0.39, 0.29) is 25.6 Å². The monoisotopic (exact) mass is 194 g/mol. The third-order valence-corrected chi connectivity index (χ3v) is 1.73. The van der Waals surface area contributed by atoms with Crippen LogP contribution in [0.1, 0.15) is 6.92 Å². The highest BCUT2D eigenvalue weighted by Gasteiger charge is 2.24. The van der Waals surface area contributed by atoms with E-state index < -0.39 is 11.4 Å². The molecule has 0 spiro atoms. The Morgan fingerprint density at radius 2 is 2.00 bits per heavy atom. The molecule has 0 aromatic rings. The van der Waals surface area contributed by atoms with Gasteiger partial charge in [0.15, 0.2) is 0 Å². The minimum absolute atomic E-state index is 0.00688. The Bertz CT molecular complexity index is 144. The zero-order chi connectivity index (χ0) is 9.61. The highest BCUT2D eigenvalue weighted by Crippen LogP contribution is 2.14. The minimum atomic E-state index is -0.751. The molecule has 0 aromatic carbocycles. The molecule has 0 aliphatic rings. The van der Waals surface area contributed by atoms with Crippen LogP contribution in [-0.4, -0.2) is 41.8 Å². The van der Waals surface area contributed by atoms with Crippen molar-refractivity contribution < 1.29 is 19.7 Å². The van der Waals surface area contributed by atoms with Crippen molar-refractivity contribution in [1.29, 1.82) is 0 Å². The first kappa shape index (κ1) is 11.7. The summed E-state index contributed by atoms with van der Waals surface area (Å²) in [5.41, 5.74) is -0.751. The number of aliphatic hydroxyl groups is 2. The molecule has 0 saturated heterocycles. The topological polar surface area (TPSA) is 66.8 Å². The summed E-state index contributed by atoms with van der Waals surface area (Å²) >= 11 is 3.70.